The lowest BCUT2D eigenvalue weighted by Crippen LogP contribution is -2.21. The molecule has 1 aromatic carbocycles. The van der Waals surface area contributed by atoms with E-state index in [9.17, 15) is 18.0 Å². The van der Waals surface area contributed by atoms with Gasteiger partial charge in [0.2, 0.25) is 5.91 Å². The first-order valence-corrected chi connectivity index (χ1v) is 11.7. The van der Waals surface area contributed by atoms with Gasteiger partial charge in [-0.05, 0) is 49.8 Å². The summed E-state index contributed by atoms with van der Waals surface area (Å²) in [4.78, 5) is 25.6. The summed E-state index contributed by atoms with van der Waals surface area (Å²) in [6.45, 7) is 4.03. The average molecular weight is 421 g/mol. The molecule has 0 saturated carbocycles. The second-order valence-electron chi connectivity index (χ2n) is 7.35. The molecule has 2 aromatic rings. The second-order valence-corrected chi connectivity index (χ2v) is 10.6. The van der Waals surface area contributed by atoms with Crippen molar-refractivity contribution in [2.45, 2.75) is 44.4 Å². The molecule has 6 nitrogen and oxygen atoms in total. The summed E-state index contributed by atoms with van der Waals surface area (Å²) in [7, 11) is -3.55. The van der Waals surface area contributed by atoms with Gasteiger partial charge in [0, 0.05) is 11.3 Å². The number of primary amides is 1. The molecule has 0 radical (unpaired) electrons. The summed E-state index contributed by atoms with van der Waals surface area (Å²) in [5.41, 5.74) is 7.82. The number of thiophene rings is 1. The standard InChI is InChI=1S/C20H24N2O4S2/c1-12-3-6-14(7-4-12)28(25,26)10-9-17(23)22-20-18(19(21)24)15-8-5-13(2)11-16(15)27-20/h3-4,6-7,13H,5,8-11H2,1-2H3,(H2,21,24)(H,22,23). The van der Waals surface area contributed by atoms with Crippen LogP contribution in [0.4, 0.5) is 5.00 Å². The molecule has 3 N–H and O–H groups in total. The molecule has 150 valence electrons. The van der Waals surface area contributed by atoms with Gasteiger partial charge in [-0.15, -0.1) is 11.3 Å². The molecule has 2 amide bonds. The third kappa shape index (κ3) is 4.44. The summed E-state index contributed by atoms with van der Waals surface area (Å²) in [6, 6.07) is 6.54. The lowest BCUT2D eigenvalue weighted by atomic mass is 9.88. The van der Waals surface area contributed by atoms with Crippen LogP contribution < -0.4 is 11.1 Å². The Bertz CT molecular complexity index is 1010. The number of hydrogen-bond acceptors (Lipinski definition) is 5. The number of amides is 2. The number of carbonyl (C=O) groups is 2. The number of fused-ring (bicyclic) bond motifs is 1. The van der Waals surface area contributed by atoms with Crippen molar-refractivity contribution in [1.82, 2.24) is 0 Å². The van der Waals surface area contributed by atoms with E-state index in [4.69, 9.17) is 5.73 Å². The molecule has 1 aliphatic rings. The van der Waals surface area contributed by atoms with Crippen molar-refractivity contribution in [2.75, 3.05) is 11.1 Å². The van der Waals surface area contributed by atoms with Gasteiger partial charge in [0.25, 0.3) is 5.91 Å². The van der Waals surface area contributed by atoms with Gasteiger partial charge in [0.05, 0.1) is 16.2 Å². The van der Waals surface area contributed by atoms with E-state index >= 15 is 0 Å². The highest BCUT2D eigenvalue weighted by molar-refractivity contribution is 7.91. The number of nitrogens with one attached hydrogen (secondary N) is 1. The van der Waals surface area contributed by atoms with E-state index in [-0.39, 0.29) is 17.1 Å². The first-order valence-electron chi connectivity index (χ1n) is 9.21. The van der Waals surface area contributed by atoms with Gasteiger partial charge in [-0.25, -0.2) is 8.42 Å². The van der Waals surface area contributed by atoms with Gasteiger partial charge >= 0.3 is 0 Å². The van der Waals surface area contributed by atoms with Crippen LogP contribution in [0.3, 0.4) is 0 Å². The number of nitrogens with two attached hydrogens (primary N) is 1. The molecule has 3 rings (SSSR count). The molecule has 0 fully saturated rings. The molecule has 1 heterocycles. The van der Waals surface area contributed by atoms with Gasteiger partial charge in [0.15, 0.2) is 9.84 Å². The van der Waals surface area contributed by atoms with E-state index in [1.54, 1.807) is 24.3 Å². The van der Waals surface area contributed by atoms with Gasteiger partial charge < -0.3 is 11.1 Å². The van der Waals surface area contributed by atoms with Crippen molar-refractivity contribution < 1.29 is 18.0 Å². The zero-order chi connectivity index (χ0) is 20.5. The normalized spacial score (nSPS) is 16.4. The van der Waals surface area contributed by atoms with E-state index in [1.165, 1.54) is 11.3 Å². The zero-order valence-electron chi connectivity index (χ0n) is 15.9. The Balaban J connectivity index is 1.71. The summed E-state index contributed by atoms with van der Waals surface area (Å²) in [6.07, 6.45) is 2.42. The van der Waals surface area contributed by atoms with Gasteiger partial charge in [0.1, 0.15) is 5.00 Å². The molecule has 0 spiro atoms. The largest absolute Gasteiger partial charge is 0.365 e. The molecule has 1 aliphatic carbocycles. The van der Waals surface area contributed by atoms with Crippen molar-refractivity contribution >= 4 is 38.0 Å². The Morgan fingerprint density at radius 3 is 2.57 bits per heavy atom. The van der Waals surface area contributed by atoms with E-state index < -0.39 is 21.7 Å². The Morgan fingerprint density at radius 2 is 1.93 bits per heavy atom. The predicted octanol–water partition coefficient (Wildman–Crippen LogP) is 3.08. The maximum atomic E-state index is 12.4. The van der Waals surface area contributed by atoms with E-state index in [2.05, 4.69) is 12.2 Å². The fraction of sp³-hybridized carbons (Fsp3) is 0.400. The highest BCUT2D eigenvalue weighted by atomic mass is 32.2. The molecule has 1 aromatic heterocycles. The molecule has 28 heavy (non-hydrogen) atoms. The monoisotopic (exact) mass is 420 g/mol. The molecule has 1 unspecified atom stereocenters. The van der Waals surface area contributed by atoms with Crippen molar-refractivity contribution in [2.24, 2.45) is 11.7 Å². The van der Waals surface area contributed by atoms with Crippen LogP contribution in [0.15, 0.2) is 29.2 Å². The minimum absolute atomic E-state index is 0.187. The molecule has 0 saturated heterocycles. The number of aryl methyl sites for hydroxylation is 1. The number of benzene rings is 1. The number of carbonyl (C=O) groups excluding carboxylic acids is 2. The van der Waals surface area contributed by atoms with Gasteiger partial charge in [-0.3, -0.25) is 9.59 Å². The lowest BCUT2D eigenvalue weighted by molar-refractivity contribution is -0.115. The molecule has 8 heteroatoms. The molecule has 0 aliphatic heterocycles. The number of rotatable bonds is 6. The molecule has 1 atom stereocenters. The fourth-order valence-electron chi connectivity index (χ4n) is 3.38. The average Bonchev–Trinajstić information content (AvgIpc) is 2.97. The van der Waals surface area contributed by atoms with Crippen molar-refractivity contribution in [3.8, 4) is 0 Å². The third-order valence-electron chi connectivity index (χ3n) is 4.99. The number of sulfone groups is 1. The smallest absolute Gasteiger partial charge is 0.251 e. The van der Waals surface area contributed by atoms with Crippen LogP contribution in [0.25, 0.3) is 0 Å². The minimum atomic E-state index is -3.55. The Kier molecular flexibility index (Phi) is 5.90. The van der Waals surface area contributed by atoms with Gasteiger partial charge in [-0.1, -0.05) is 24.6 Å². The van der Waals surface area contributed by atoms with Crippen LogP contribution in [0, 0.1) is 12.8 Å². The molecular formula is C20H24N2O4S2. The summed E-state index contributed by atoms with van der Waals surface area (Å²) in [5, 5.41) is 3.15. The van der Waals surface area contributed by atoms with E-state index in [1.807, 2.05) is 6.92 Å². The topological polar surface area (TPSA) is 106 Å². The molecule has 0 bridgehead atoms. The SMILES string of the molecule is Cc1ccc(S(=O)(=O)CCC(=O)Nc2sc3c(c2C(N)=O)CCC(C)C3)cc1. The summed E-state index contributed by atoms with van der Waals surface area (Å²) < 4.78 is 24.8. The predicted molar refractivity (Wildman–Crippen MR) is 111 cm³/mol. The number of hydrogen-bond donors (Lipinski definition) is 2. The van der Waals surface area contributed by atoms with E-state index in [0.29, 0.717) is 16.5 Å². The van der Waals surface area contributed by atoms with Crippen LogP contribution in [-0.2, 0) is 27.5 Å². The van der Waals surface area contributed by atoms with Crippen molar-refractivity contribution in [1.29, 1.82) is 0 Å². The van der Waals surface area contributed by atoms with Crippen LogP contribution >= 0.6 is 11.3 Å². The first-order chi connectivity index (χ1) is 13.2. The van der Waals surface area contributed by atoms with Crippen LogP contribution in [0.1, 0.15) is 46.1 Å². The Labute approximate surface area is 169 Å². The number of anilines is 1. The Morgan fingerprint density at radius 1 is 1.25 bits per heavy atom. The van der Waals surface area contributed by atoms with Crippen molar-refractivity contribution in [3.63, 3.8) is 0 Å². The minimum Gasteiger partial charge on any atom is -0.365 e. The maximum absolute atomic E-state index is 12.4. The fourth-order valence-corrected chi connectivity index (χ4v) is 6.05. The Hall–Kier alpha value is -2.19. The van der Waals surface area contributed by atoms with E-state index in [0.717, 1.165) is 35.3 Å². The van der Waals surface area contributed by atoms with Crippen LogP contribution in [0.5, 0.6) is 0 Å². The highest BCUT2D eigenvalue weighted by Crippen LogP contribution is 2.39. The molecular weight excluding hydrogens is 396 g/mol. The van der Waals surface area contributed by atoms with Crippen LogP contribution in [-0.4, -0.2) is 26.0 Å². The first kappa shape index (κ1) is 20.5. The van der Waals surface area contributed by atoms with Crippen molar-refractivity contribution in [3.05, 3.63) is 45.8 Å². The van der Waals surface area contributed by atoms with Crippen LogP contribution in [0.2, 0.25) is 0 Å². The zero-order valence-corrected chi connectivity index (χ0v) is 17.6. The highest BCUT2D eigenvalue weighted by Gasteiger charge is 2.27. The maximum Gasteiger partial charge on any atom is 0.251 e. The quantitative estimate of drug-likeness (QED) is 0.749. The summed E-state index contributed by atoms with van der Waals surface area (Å²) in [5.74, 6) is -0.773. The summed E-state index contributed by atoms with van der Waals surface area (Å²) >= 11 is 1.37. The second kappa shape index (κ2) is 8.05. The van der Waals surface area contributed by atoms with Gasteiger partial charge in [-0.2, -0.15) is 0 Å². The third-order valence-corrected chi connectivity index (χ3v) is 7.89. The lowest BCUT2D eigenvalue weighted by Gasteiger charge is -2.18.